The van der Waals surface area contributed by atoms with Crippen molar-refractivity contribution in [3.8, 4) is 0 Å². The van der Waals surface area contributed by atoms with Crippen LogP contribution >= 0.6 is 0 Å². The number of nitrogens with one attached hydrogen (secondary N) is 1. The zero-order valence-electron chi connectivity index (χ0n) is 10.5. The van der Waals surface area contributed by atoms with Gasteiger partial charge in [0, 0.05) is 14.0 Å². The molecule has 0 heterocycles. The van der Waals surface area contributed by atoms with Crippen LogP contribution in [0.5, 0.6) is 0 Å². The van der Waals surface area contributed by atoms with E-state index in [0.29, 0.717) is 6.61 Å². The lowest BCUT2D eigenvalue weighted by molar-refractivity contribution is -0.137. The van der Waals surface area contributed by atoms with Gasteiger partial charge in [-0.25, -0.2) is 0 Å². The van der Waals surface area contributed by atoms with Gasteiger partial charge in [0.2, 0.25) is 5.91 Å². The Kier molecular flexibility index (Phi) is 5.32. The van der Waals surface area contributed by atoms with E-state index in [4.69, 9.17) is 9.84 Å². The molecule has 5 heteroatoms. The Balaban J connectivity index is 2.83. The fraction of sp³-hybridized carbons (Fsp3) is 0.385. The van der Waals surface area contributed by atoms with E-state index in [1.807, 2.05) is 12.1 Å². The van der Waals surface area contributed by atoms with Gasteiger partial charge in [-0.15, -0.1) is 0 Å². The normalized spacial score (nSPS) is 11.9. The van der Waals surface area contributed by atoms with E-state index in [9.17, 15) is 9.59 Å². The van der Waals surface area contributed by atoms with Crippen LogP contribution in [-0.2, 0) is 20.9 Å². The summed E-state index contributed by atoms with van der Waals surface area (Å²) in [5.74, 6) is -1.20. The predicted octanol–water partition coefficient (Wildman–Crippen LogP) is 1.48. The molecule has 18 heavy (non-hydrogen) atoms. The highest BCUT2D eigenvalue weighted by molar-refractivity contribution is 5.75. The average molecular weight is 251 g/mol. The van der Waals surface area contributed by atoms with E-state index in [-0.39, 0.29) is 12.3 Å². The third-order valence-electron chi connectivity index (χ3n) is 2.45. The van der Waals surface area contributed by atoms with E-state index in [0.717, 1.165) is 11.1 Å². The summed E-state index contributed by atoms with van der Waals surface area (Å²) in [7, 11) is 1.61. The number of ether oxygens (including phenoxy) is 1. The van der Waals surface area contributed by atoms with E-state index in [1.54, 1.807) is 19.2 Å². The molecule has 0 radical (unpaired) electrons. The molecule has 0 aliphatic carbocycles. The molecule has 0 unspecified atom stereocenters. The number of carboxylic acid groups (broad SMARTS) is 1. The lowest BCUT2D eigenvalue weighted by atomic mass is 10.0. The molecule has 5 nitrogen and oxygen atoms in total. The summed E-state index contributed by atoms with van der Waals surface area (Å²) in [5.41, 5.74) is 1.77. The first-order valence-electron chi connectivity index (χ1n) is 5.59. The maximum atomic E-state index is 11.1. The number of hydrogen-bond acceptors (Lipinski definition) is 3. The van der Waals surface area contributed by atoms with Crippen molar-refractivity contribution in [2.24, 2.45) is 0 Å². The van der Waals surface area contributed by atoms with Crippen molar-refractivity contribution in [1.82, 2.24) is 5.32 Å². The minimum Gasteiger partial charge on any atom is -0.481 e. The molecule has 0 bridgehead atoms. The van der Waals surface area contributed by atoms with Gasteiger partial charge in [0.15, 0.2) is 0 Å². The van der Waals surface area contributed by atoms with Crippen molar-refractivity contribution in [3.63, 3.8) is 0 Å². The Hall–Kier alpha value is -1.88. The second kappa shape index (κ2) is 6.76. The van der Waals surface area contributed by atoms with Gasteiger partial charge in [0.1, 0.15) is 0 Å². The standard InChI is InChI=1S/C13H17NO4/c1-9(15)14-12(7-13(16)17)11-5-3-10(4-6-11)8-18-2/h3-6,12H,7-8H2,1-2H3,(H,14,15)(H,16,17)/t12-/m0/s1. The molecule has 2 N–H and O–H groups in total. The zero-order chi connectivity index (χ0) is 13.5. The first kappa shape index (κ1) is 14.2. The number of carbonyl (C=O) groups excluding carboxylic acids is 1. The molecule has 1 rings (SSSR count). The monoisotopic (exact) mass is 251 g/mol. The van der Waals surface area contributed by atoms with Crippen LogP contribution in [0, 0.1) is 0 Å². The van der Waals surface area contributed by atoms with Crippen molar-refractivity contribution < 1.29 is 19.4 Å². The molecule has 1 amide bonds. The summed E-state index contributed by atoms with van der Waals surface area (Å²) >= 11 is 0. The summed E-state index contributed by atoms with van der Waals surface area (Å²) in [4.78, 5) is 21.8. The maximum absolute atomic E-state index is 11.1. The smallest absolute Gasteiger partial charge is 0.305 e. The zero-order valence-corrected chi connectivity index (χ0v) is 10.5. The van der Waals surface area contributed by atoms with Crippen LogP contribution in [0.1, 0.15) is 30.5 Å². The molecule has 98 valence electrons. The highest BCUT2D eigenvalue weighted by atomic mass is 16.5. The molecular weight excluding hydrogens is 234 g/mol. The number of rotatable bonds is 6. The molecule has 1 atom stereocenters. The summed E-state index contributed by atoms with van der Waals surface area (Å²) < 4.78 is 4.99. The Morgan fingerprint density at radius 2 is 1.94 bits per heavy atom. The lowest BCUT2D eigenvalue weighted by Crippen LogP contribution is -2.27. The molecule has 0 aliphatic heterocycles. The second-order valence-corrected chi connectivity index (χ2v) is 4.03. The Bertz CT molecular complexity index is 398. The largest absolute Gasteiger partial charge is 0.481 e. The van der Waals surface area contributed by atoms with Crippen LogP contribution in [0.4, 0.5) is 0 Å². The van der Waals surface area contributed by atoms with Crippen LogP contribution in [0.2, 0.25) is 0 Å². The molecular formula is C13H17NO4. The van der Waals surface area contributed by atoms with Gasteiger partial charge < -0.3 is 15.2 Å². The van der Waals surface area contributed by atoms with Crippen LogP contribution in [0.3, 0.4) is 0 Å². The van der Waals surface area contributed by atoms with E-state index in [2.05, 4.69) is 5.32 Å². The summed E-state index contributed by atoms with van der Waals surface area (Å²) in [5, 5.41) is 11.5. The van der Waals surface area contributed by atoms with Gasteiger partial charge >= 0.3 is 5.97 Å². The fourth-order valence-corrected chi connectivity index (χ4v) is 1.69. The Labute approximate surface area is 106 Å². The molecule has 0 aliphatic rings. The molecule has 1 aromatic carbocycles. The quantitative estimate of drug-likeness (QED) is 0.803. The van der Waals surface area contributed by atoms with Gasteiger partial charge in [-0.2, -0.15) is 0 Å². The van der Waals surface area contributed by atoms with Gasteiger partial charge in [-0.05, 0) is 11.1 Å². The Morgan fingerprint density at radius 3 is 2.39 bits per heavy atom. The van der Waals surface area contributed by atoms with E-state index in [1.165, 1.54) is 6.92 Å². The van der Waals surface area contributed by atoms with Crippen LogP contribution in [-0.4, -0.2) is 24.1 Å². The highest BCUT2D eigenvalue weighted by Gasteiger charge is 2.16. The number of carbonyl (C=O) groups is 2. The van der Waals surface area contributed by atoms with Gasteiger partial charge in [0.05, 0.1) is 19.1 Å². The van der Waals surface area contributed by atoms with Gasteiger partial charge in [-0.1, -0.05) is 24.3 Å². The highest BCUT2D eigenvalue weighted by Crippen LogP contribution is 2.18. The molecule has 0 fully saturated rings. The van der Waals surface area contributed by atoms with E-state index < -0.39 is 12.0 Å². The second-order valence-electron chi connectivity index (χ2n) is 4.03. The van der Waals surface area contributed by atoms with E-state index >= 15 is 0 Å². The fourth-order valence-electron chi connectivity index (χ4n) is 1.69. The lowest BCUT2D eigenvalue weighted by Gasteiger charge is -2.16. The molecule has 0 saturated carbocycles. The molecule has 1 aromatic rings. The number of amides is 1. The maximum Gasteiger partial charge on any atom is 0.305 e. The minimum atomic E-state index is -0.949. The number of hydrogen-bond donors (Lipinski definition) is 2. The topological polar surface area (TPSA) is 75.6 Å². The summed E-state index contributed by atoms with van der Waals surface area (Å²) in [6.07, 6.45) is -0.136. The van der Waals surface area contributed by atoms with Crippen molar-refractivity contribution in [2.45, 2.75) is 26.0 Å². The Morgan fingerprint density at radius 1 is 1.33 bits per heavy atom. The predicted molar refractivity (Wildman–Crippen MR) is 66.0 cm³/mol. The number of carboxylic acids is 1. The van der Waals surface area contributed by atoms with Crippen LogP contribution < -0.4 is 5.32 Å². The number of benzene rings is 1. The SMILES string of the molecule is COCc1ccc([C@H](CC(=O)O)NC(C)=O)cc1. The molecule has 0 saturated heterocycles. The summed E-state index contributed by atoms with van der Waals surface area (Å²) in [6, 6.07) is 6.82. The third-order valence-corrected chi connectivity index (χ3v) is 2.45. The average Bonchev–Trinajstić information content (AvgIpc) is 2.28. The number of methoxy groups -OCH3 is 1. The van der Waals surface area contributed by atoms with Crippen molar-refractivity contribution in [1.29, 1.82) is 0 Å². The van der Waals surface area contributed by atoms with Crippen LogP contribution in [0.15, 0.2) is 24.3 Å². The first-order chi connectivity index (χ1) is 8.52. The molecule has 0 spiro atoms. The van der Waals surface area contributed by atoms with Crippen LogP contribution in [0.25, 0.3) is 0 Å². The minimum absolute atomic E-state index is 0.136. The third kappa shape index (κ3) is 4.55. The van der Waals surface area contributed by atoms with Gasteiger partial charge in [-0.3, -0.25) is 9.59 Å². The van der Waals surface area contributed by atoms with Gasteiger partial charge in [0.25, 0.3) is 0 Å². The van der Waals surface area contributed by atoms with Crippen molar-refractivity contribution in [3.05, 3.63) is 35.4 Å². The molecule has 0 aromatic heterocycles. The van der Waals surface area contributed by atoms with Crippen molar-refractivity contribution >= 4 is 11.9 Å². The van der Waals surface area contributed by atoms with Crippen molar-refractivity contribution in [2.75, 3.05) is 7.11 Å². The number of aliphatic carboxylic acids is 1. The first-order valence-corrected chi connectivity index (χ1v) is 5.59. The summed E-state index contributed by atoms with van der Waals surface area (Å²) in [6.45, 7) is 1.87.